The summed E-state index contributed by atoms with van der Waals surface area (Å²) in [6.45, 7) is 5.55. The van der Waals surface area contributed by atoms with Crippen molar-refractivity contribution in [1.29, 1.82) is 0 Å². The third-order valence-corrected chi connectivity index (χ3v) is 2.99. The highest BCUT2D eigenvalue weighted by atomic mass is 127. The zero-order valence-electron chi connectivity index (χ0n) is 14.7. The quantitative estimate of drug-likeness (QED) is 0.360. The van der Waals surface area contributed by atoms with Crippen LogP contribution < -0.4 is 15.8 Å². The largest absolute Gasteiger partial charge is 0.491 e. The normalized spacial score (nSPS) is 13.4. The molecule has 5 nitrogen and oxygen atoms in total. The average molecular weight is 475 g/mol. The number of hydrogen-bond donors (Lipinski definition) is 2. The summed E-state index contributed by atoms with van der Waals surface area (Å²) in [7, 11) is 1.54. The van der Waals surface area contributed by atoms with E-state index in [4.69, 9.17) is 15.2 Å². The Kier molecular flexibility index (Phi) is 10.2. The van der Waals surface area contributed by atoms with E-state index in [1.165, 1.54) is 12.1 Å². The first kappa shape index (κ1) is 23.8. The van der Waals surface area contributed by atoms with Crippen LogP contribution in [0, 0.1) is 0 Å². The Morgan fingerprint density at radius 2 is 1.92 bits per heavy atom. The standard InChI is InChI=1S/C16H24F3N3O2.HI/c1-10(2)24-13-6-5-12(14(7-13)16(17,18)19)8-21-15(20)22-11(3)9-23-4;/h5-7,10-11H,8-9H2,1-4H3,(H3,20,21,22);1H. The van der Waals surface area contributed by atoms with Gasteiger partial charge in [0.25, 0.3) is 0 Å². The van der Waals surface area contributed by atoms with Crippen LogP contribution in [0.25, 0.3) is 0 Å². The Morgan fingerprint density at radius 1 is 1.28 bits per heavy atom. The van der Waals surface area contributed by atoms with Crippen LogP contribution in [0.1, 0.15) is 31.9 Å². The highest BCUT2D eigenvalue weighted by Crippen LogP contribution is 2.35. The number of halogens is 4. The van der Waals surface area contributed by atoms with Gasteiger partial charge in [-0.2, -0.15) is 13.2 Å². The Labute approximate surface area is 163 Å². The van der Waals surface area contributed by atoms with E-state index in [0.29, 0.717) is 6.61 Å². The molecule has 0 heterocycles. The van der Waals surface area contributed by atoms with Crippen molar-refractivity contribution in [2.75, 3.05) is 13.7 Å². The smallest absolute Gasteiger partial charge is 0.416 e. The van der Waals surface area contributed by atoms with Crippen LogP contribution in [-0.4, -0.2) is 31.8 Å². The highest BCUT2D eigenvalue weighted by Gasteiger charge is 2.33. The lowest BCUT2D eigenvalue weighted by atomic mass is 10.1. The molecule has 1 unspecified atom stereocenters. The van der Waals surface area contributed by atoms with E-state index in [1.54, 1.807) is 21.0 Å². The number of nitrogens with one attached hydrogen (secondary N) is 1. The van der Waals surface area contributed by atoms with E-state index < -0.39 is 11.7 Å². The maximum Gasteiger partial charge on any atom is 0.416 e. The molecule has 0 bridgehead atoms. The maximum atomic E-state index is 13.2. The van der Waals surface area contributed by atoms with Crippen molar-refractivity contribution in [2.24, 2.45) is 10.7 Å². The second-order valence-electron chi connectivity index (χ2n) is 5.69. The van der Waals surface area contributed by atoms with Crippen molar-refractivity contribution in [1.82, 2.24) is 5.32 Å². The molecule has 0 aliphatic heterocycles. The molecule has 1 aromatic carbocycles. The fourth-order valence-electron chi connectivity index (χ4n) is 2.06. The number of alkyl halides is 3. The Morgan fingerprint density at radius 3 is 2.44 bits per heavy atom. The van der Waals surface area contributed by atoms with Gasteiger partial charge in [-0.1, -0.05) is 6.07 Å². The molecule has 0 amide bonds. The van der Waals surface area contributed by atoms with Crippen LogP contribution in [0.2, 0.25) is 0 Å². The summed E-state index contributed by atoms with van der Waals surface area (Å²) >= 11 is 0. The molecule has 0 aliphatic rings. The van der Waals surface area contributed by atoms with Crippen LogP contribution in [0.4, 0.5) is 13.2 Å². The Balaban J connectivity index is 0.00000576. The number of nitrogens with zero attached hydrogens (tertiary/aromatic N) is 1. The number of rotatable bonds is 7. The molecule has 0 fully saturated rings. The molecule has 0 saturated carbocycles. The number of methoxy groups -OCH3 is 1. The van der Waals surface area contributed by atoms with Crippen LogP contribution in [0.5, 0.6) is 5.75 Å². The molecular weight excluding hydrogens is 450 g/mol. The molecule has 9 heteroatoms. The first-order chi connectivity index (χ1) is 11.1. The second kappa shape index (κ2) is 10.7. The summed E-state index contributed by atoms with van der Waals surface area (Å²) < 4.78 is 50.0. The van der Waals surface area contributed by atoms with E-state index in [0.717, 1.165) is 6.07 Å². The minimum atomic E-state index is -4.49. The molecule has 1 rings (SSSR count). The molecule has 144 valence electrons. The molecule has 3 N–H and O–H groups in total. The lowest BCUT2D eigenvalue weighted by Gasteiger charge is -2.16. The second-order valence-corrected chi connectivity index (χ2v) is 5.69. The van der Waals surface area contributed by atoms with Crippen molar-refractivity contribution in [3.8, 4) is 5.75 Å². The van der Waals surface area contributed by atoms with Crippen LogP contribution in [0.15, 0.2) is 23.2 Å². The van der Waals surface area contributed by atoms with Gasteiger partial charge in [0.2, 0.25) is 0 Å². The molecule has 0 aromatic heterocycles. The molecule has 25 heavy (non-hydrogen) atoms. The van der Waals surface area contributed by atoms with Crippen molar-refractivity contribution < 1.29 is 22.6 Å². The summed E-state index contributed by atoms with van der Waals surface area (Å²) in [4.78, 5) is 3.97. The summed E-state index contributed by atoms with van der Waals surface area (Å²) in [6.07, 6.45) is -4.70. The zero-order valence-corrected chi connectivity index (χ0v) is 17.0. The van der Waals surface area contributed by atoms with Gasteiger partial charge in [0.15, 0.2) is 5.96 Å². The summed E-state index contributed by atoms with van der Waals surface area (Å²) in [5, 5.41) is 2.84. The first-order valence-corrected chi connectivity index (χ1v) is 7.55. The topological polar surface area (TPSA) is 68.9 Å². The zero-order chi connectivity index (χ0) is 18.3. The molecule has 1 aromatic rings. The van der Waals surface area contributed by atoms with Gasteiger partial charge in [-0.15, -0.1) is 24.0 Å². The number of aliphatic imine (C=N–C) groups is 1. The monoisotopic (exact) mass is 475 g/mol. The number of guanidine groups is 1. The van der Waals surface area contributed by atoms with Crippen molar-refractivity contribution in [3.05, 3.63) is 29.3 Å². The van der Waals surface area contributed by atoms with E-state index in [2.05, 4.69) is 10.3 Å². The van der Waals surface area contributed by atoms with Crippen LogP contribution in [-0.2, 0) is 17.5 Å². The predicted molar refractivity (Wildman–Crippen MR) is 102 cm³/mol. The van der Waals surface area contributed by atoms with Crippen molar-refractivity contribution in [3.63, 3.8) is 0 Å². The molecule has 0 spiro atoms. The number of ether oxygens (including phenoxy) is 2. The van der Waals surface area contributed by atoms with Crippen LogP contribution >= 0.6 is 24.0 Å². The Hall–Kier alpha value is -1.23. The number of benzene rings is 1. The fraction of sp³-hybridized carbons (Fsp3) is 0.562. The lowest BCUT2D eigenvalue weighted by Crippen LogP contribution is -2.40. The maximum absolute atomic E-state index is 13.2. The summed E-state index contributed by atoms with van der Waals surface area (Å²) in [5.41, 5.74) is 4.94. The van der Waals surface area contributed by atoms with Crippen LogP contribution in [0.3, 0.4) is 0 Å². The van der Waals surface area contributed by atoms with Gasteiger partial charge in [0.05, 0.1) is 24.8 Å². The van der Waals surface area contributed by atoms with E-state index >= 15 is 0 Å². The Bertz CT molecular complexity index is 566. The van der Waals surface area contributed by atoms with Gasteiger partial charge in [-0.05, 0) is 38.5 Å². The fourth-order valence-corrected chi connectivity index (χ4v) is 2.06. The van der Waals surface area contributed by atoms with Gasteiger partial charge in [-0.25, -0.2) is 4.99 Å². The lowest BCUT2D eigenvalue weighted by molar-refractivity contribution is -0.138. The molecular formula is C16H25F3IN3O2. The SMILES string of the molecule is COCC(C)NC(N)=NCc1ccc(OC(C)C)cc1C(F)(F)F.I. The average Bonchev–Trinajstić information content (AvgIpc) is 2.44. The van der Waals surface area contributed by atoms with Crippen molar-refractivity contribution in [2.45, 2.75) is 45.6 Å². The van der Waals surface area contributed by atoms with Gasteiger partial charge >= 0.3 is 6.18 Å². The number of nitrogens with two attached hydrogens (primary N) is 1. The summed E-state index contributed by atoms with van der Waals surface area (Å²) in [5.74, 6) is 0.236. The highest BCUT2D eigenvalue weighted by molar-refractivity contribution is 14.0. The van der Waals surface area contributed by atoms with Crippen molar-refractivity contribution >= 4 is 29.9 Å². The van der Waals surface area contributed by atoms with E-state index in [-0.39, 0.29) is 59.9 Å². The van der Waals surface area contributed by atoms with E-state index in [1.807, 2.05) is 6.92 Å². The predicted octanol–water partition coefficient (Wildman–Crippen LogP) is 3.55. The minimum Gasteiger partial charge on any atom is -0.491 e. The van der Waals surface area contributed by atoms with Gasteiger partial charge < -0.3 is 20.5 Å². The van der Waals surface area contributed by atoms with Gasteiger partial charge in [0.1, 0.15) is 5.75 Å². The molecule has 1 atom stereocenters. The third kappa shape index (κ3) is 8.61. The van der Waals surface area contributed by atoms with E-state index in [9.17, 15) is 13.2 Å². The molecule has 0 saturated heterocycles. The molecule has 0 radical (unpaired) electrons. The first-order valence-electron chi connectivity index (χ1n) is 7.55. The molecule has 0 aliphatic carbocycles. The summed E-state index contributed by atoms with van der Waals surface area (Å²) in [6, 6.07) is 3.75. The van der Waals surface area contributed by atoms with Gasteiger partial charge in [0, 0.05) is 13.2 Å². The minimum absolute atomic E-state index is 0. The number of hydrogen-bond acceptors (Lipinski definition) is 3. The van der Waals surface area contributed by atoms with Gasteiger partial charge in [-0.3, -0.25) is 0 Å². The third-order valence-electron chi connectivity index (χ3n) is 2.99.